The van der Waals surface area contributed by atoms with Gasteiger partial charge in [0, 0.05) is 41.1 Å². The molecule has 7 nitrogen and oxygen atoms in total. The third-order valence-corrected chi connectivity index (χ3v) is 4.50. The van der Waals surface area contributed by atoms with Crippen LogP contribution in [0.1, 0.15) is 5.56 Å². The predicted octanol–water partition coefficient (Wildman–Crippen LogP) is 2.78. The highest BCUT2D eigenvalue weighted by Crippen LogP contribution is 2.24. The van der Waals surface area contributed by atoms with Crippen LogP contribution in [-0.4, -0.2) is 36.6 Å². The van der Waals surface area contributed by atoms with E-state index in [0.29, 0.717) is 18.6 Å². The zero-order valence-electron chi connectivity index (χ0n) is 14.4. The van der Waals surface area contributed by atoms with Gasteiger partial charge in [-0.3, -0.25) is 9.00 Å². The lowest BCUT2D eigenvalue weighted by atomic mass is 10.1. The highest BCUT2D eigenvalue weighted by molar-refractivity contribution is 7.76. The predicted molar refractivity (Wildman–Crippen MR) is 112 cm³/mol. The van der Waals surface area contributed by atoms with E-state index in [1.165, 1.54) is 17.4 Å². The number of halogens is 2. The Morgan fingerprint density at radius 2 is 2.00 bits per heavy atom. The lowest BCUT2D eigenvalue weighted by Gasteiger charge is -2.18. The third kappa shape index (κ3) is 6.02. The molecule has 1 unspecified atom stereocenters. The number of benzene rings is 1. The summed E-state index contributed by atoms with van der Waals surface area (Å²) in [6, 6.07) is 12.8. The molecule has 1 atom stereocenters. The van der Waals surface area contributed by atoms with Gasteiger partial charge in [-0.1, -0.05) is 12.1 Å². The molecule has 0 aliphatic carbocycles. The summed E-state index contributed by atoms with van der Waals surface area (Å²) in [6.07, 6.45) is 2.24. The summed E-state index contributed by atoms with van der Waals surface area (Å²) in [5.74, 6) is 0. The van der Waals surface area contributed by atoms with Crippen molar-refractivity contribution in [3.63, 3.8) is 0 Å². The van der Waals surface area contributed by atoms with Crippen molar-refractivity contribution in [2.75, 3.05) is 18.9 Å². The minimum absolute atomic E-state index is 0. The number of hydrogen-bond acceptors (Lipinski definition) is 5. The number of nitrogens with one attached hydrogen (secondary N) is 2. The SMILES string of the molecule is CN(CCc1cccc(Nc2ccnc3[nH]c(=O)ccc23)c1)S(=O)[O-].Cl.Cl. The highest BCUT2D eigenvalue weighted by Gasteiger charge is 2.05. The van der Waals surface area contributed by atoms with Crippen LogP contribution >= 0.6 is 24.8 Å². The molecule has 2 aromatic heterocycles. The molecule has 0 saturated carbocycles. The van der Waals surface area contributed by atoms with Crippen molar-refractivity contribution in [3.8, 4) is 0 Å². The first-order valence-electron chi connectivity index (χ1n) is 7.67. The average Bonchev–Trinajstić information content (AvgIpc) is 2.60. The number of likely N-dealkylation sites (N-methyl/N-ethyl adjacent to an activating group) is 1. The molecule has 2 N–H and O–H groups in total. The Kier molecular flexibility index (Phi) is 8.87. The van der Waals surface area contributed by atoms with Crippen molar-refractivity contribution in [2.45, 2.75) is 6.42 Å². The normalized spacial score (nSPS) is 11.5. The molecule has 0 aliphatic heterocycles. The van der Waals surface area contributed by atoms with Crippen molar-refractivity contribution in [1.29, 1.82) is 0 Å². The van der Waals surface area contributed by atoms with Crippen LogP contribution in [0.4, 0.5) is 11.4 Å². The van der Waals surface area contributed by atoms with Crippen molar-refractivity contribution >= 4 is 58.5 Å². The van der Waals surface area contributed by atoms with Crippen molar-refractivity contribution in [2.24, 2.45) is 0 Å². The lowest BCUT2D eigenvalue weighted by molar-refractivity contribution is 0.436. The fourth-order valence-electron chi connectivity index (χ4n) is 2.49. The Balaban J connectivity index is 0.00000182. The Bertz CT molecular complexity index is 984. The molecule has 0 bridgehead atoms. The minimum Gasteiger partial charge on any atom is -0.760 e. The summed E-state index contributed by atoms with van der Waals surface area (Å²) >= 11 is -2.21. The first-order chi connectivity index (χ1) is 12.0. The largest absolute Gasteiger partial charge is 0.760 e. The minimum atomic E-state index is -2.21. The summed E-state index contributed by atoms with van der Waals surface area (Å²) < 4.78 is 23.0. The van der Waals surface area contributed by atoms with Gasteiger partial charge in [-0.05, 0) is 43.3 Å². The number of pyridine rings is 2. The quantitative estimate of drug-likeness (QED) is 0.586. The molecule has 0 amide bonds. The van der Waals surface area contributed by atoms with Crippen LogP contribution in [-0.2, 0) is 17.7 Å². The van der Waals surface area contributed by atoms with E-state index in [9.17, 15) is 13.6 Å². The second-order valence-electron chi connectivity index (χ2n) is 5.59. The van der Waals surface area contributed by atoms with E-state index < -0.39 is 11.3 Å². The maximum atomic E-state index is 11.4. The topological polar surface area (TPSA) is 101 Å². The standard InChI is InChI=1S/C17H18N4O3S.2ClH/c1-21(25(23)24)10-8-12-3-2-4-13(11-12)19-15-7-9-18-17-14(15)5-6-16(22)20-17;;/h2-7,9,11H,8,10H2,1H3,(H,23,24)(H2,18,19,20,22);2*1H/p-1. The van der Waals surface area contributed by atoms with Crippen LogP contribution in [0.3, 0.4) is 0 Å². The molecule has 0 radical (unpaired) electrons. The Labute approximate surface area is 171 Å². The summed E-state index contributed by atoms with van der Waals surface area (Å²) in [5.41, 5.74) is 3.06. The van der Waals surface area contributed by atoms with E-state index in [2.05, 4.69) is 15.3 Å². The molecular weight excluding hydrogens is 411 g/mol. The van der Waals surface area contributed by atoms with Gasteiger partial charge >= 0.3 is 0 Å². The van der Waals surface area contributed by atoms with Crippen molar-refractivity contribution in [1.82, 2.24) is 14.3 Å². The fraction of sp³-hybridized carbons (Fsp3) is 0.176. The van der Waals surface area contributed by atoms with Gasteiger partial charge in [-0.15, -0.1) is 24.8 Å². The molecule has 10 heteroatoms. The van der Waals surface area contributed by atoms with Gasteiger partial charge in [-0.2, -0.15) is 0 Å². The van der Waals surface area contributed by atoms with E-state index in [-0.39, 0.29) is 30.4 Å². The summed E-state index contributed by atoms with van der Waals surface area (Å²) in [6.45, 7) is 0.416. The molecule has 146 valence electrons. The van der Waals surface area contributed by atoms with Gasteiger partial charge in [0.1, 0.15) is 5.65 Å². The Morgan fingerprint density at radius 3 is 2.74 bits per heavy atom. The molecular formula is C17H19Cl2N4O3S-. The van der Waals surface area contributed by atoms with E-state index in [1.807, 2.05) is 30.3 Å². The lowest BCUT2D eigenvalue weighted by Crippen LogP contribution is -2.23. The number of fused-ring (bicyclic) bond motifs is 1. The van der Waals surface area contributed by atoms with Crippen molar-refractivity contribution < 1.29 is 8.76 Å². The van der Waals surface area contributed by atoms with Gasteiger partial charge in [0.2, 0.25) is 5.56 Å². The van der Waals surface area contributed by atoms with Gasteiger partial charge < -0.3 is 14.9 Å². The second-order valence-corrected chi connectivity index (χ2v) is 6.64. The van der Waals surface area contributed by atoms with Crippen molar-refractivity contribution in [3.05, 3.63) is 64.6 Å². The molecule has 0 spiro atoms. The summed E-state index contributed by atoms with van der Waals surface area (Å²) in [7, 11) is 1.54. The molecule has 0 fully saturated rings. The first-order valence-corrected chi connectivity index (χ1v) is 8.70. The summed E-state index contributed by atoms with van der Waals surface area (Å²) in [5, 5.41) is 4.13. The average molecular weight is 430 g/mol. The molecule has 3 aromatic rings. The smallest absolute Gasteiger partial charge is 0.249 e. The van der Waals surface area contributed by atoms with E-state index in [1.54, 1.807) is 12.3 Å². The number of rotatable bonds is 6. The Morgan fingerprint density at radius 1 is 1.22 bits per heavy atom. The molecule has 0 aliphatic rings. The maximum absolute atomic E-state index is 11.4. The summed E-state index contributed by atoms with van der Waals surface area (Å²) in [4.78, 5) is 18.3. The number of aromatic nitrogens is 2. The van der Waals surface area contributed by atoms with Crippen LogP contribution in [0.15, 0.2) is 53.5 Å². The third-order valence-electron chi connectivity index (χ3n) is 3.81. The maximum Gasteiger partial charge on any atom is 0.249 e. The number of aromatic amines is 1. The second kappa shape index (κ2) is 10.4. The number of nitrogens with zero attached hydrogens (tertiary/aromatic N) is 2. The van der Waals surface area contributed by atoms with Crippen LogP contribution in [0.2, 0.25) is 0 Å². The molecule has 27 heavy (non-hydrogen) atoms. The van der Waals surface area contributed by atoms with Crippen LogP contribution in [0.25, 0.3) is 11.0 Å². The molecule has 1 aromatic carbocycles. The van der Waals surface area contributed by atoms with E-state index in [4.69, 9.17) is 0 Å². The van der Waals surface area contributed by atoms with Crippen LogP contribution < -0.4 is 10.9 Å². The number of anilines is 2. The molecule has 3 rings (SSSR count). The number of hydrogen-bond donors (Lipinski definition) is 2. The molecule has 0 saturated heterocycles. The molecule has 2 heterocycles. The number of H-pyrrole nitrogens is 1. The Hall–Kier alpha value is -1.97. The van der Waals surface area contributed by atoms with Gasteiger partial charge in [-0.25, -0.2) is 9.29 Å². The monoisotopic (exact) mass is 429 g/mol. The zero-order valence-corrected chi connectivity index (χ0v) is 16.8. The zero-order chi connectivity index (χ0) is 17.8. The van der Waals surface area contributed by atoms with Gasteiger partial charge in [0.25, 0.3) is 0 Å². The fourth-order valence-corrected chi connectivity index (χ4v) is 2.73. The van der Waals surface area contributed by atoms with E-state index >= 15 is 0 Å². The van der Waals surface area contributed by atoms with Gasteiger partial charge in [0.05, 0.1) is 5.69 Å². The first kappa shape index (κ1) is 23.1. The van der Waals surface area contributed by atoms with Gasteiger partial charge in [0.15, 0.2) is 0 Å². The van der Waals surface area contributed by atoms with Crippen LogP contribution in [0, 0.1) is 0 Å². The highest BCUT2D eigenvalue weighted by atomic mass is 35.5. The van der Waals surface area contributed by atoms with Crippen LogP contribution in [0.5, 0.6) is 0 Å². The van der Waals surface area contributed by atoms with E-state index in [0.717, 1.165) is 22.3 Å².